The molecule has 23 heteroatoms. The van der Waals surface area contributed by atoms with Crippen molar-refractivity contribution in [2.24, 2.45) is 17.8 Å². The molecule has 3 heterocycles. The first-order chi connectivity index (χ1) is 35.6. The fourth-order valence-electron chi connectivity index (χ4n) is 9.38. The molecule has 1 aromatic carbocycles. The van der Waals surface area contributed by atoms with E-state index in [1.807, 2.05) is 65.8 Å². The van der Waals surface area contributed by atoms with Gasteiger partial charge in [-0.1, -0.05) is 12.1 Å². The summed E-state index contributed by atoms with van der Waals surface area (Å²) in [4.78, 5) is 25.2. The minimum Gasteiger partial charge on any atom is -0.394 e. The molecule has 15 atom stereocenters. The molecular weight excluding hydrogens is 975 g/mol. The summed E-state index contributed by atoms with van der Waals surface area (Å²) in [7, 11) is 0. The molecule has 23 nitrogen and oxygen atoms in total. The molecule has 0 aliphatic carbocycles. The van der Waals surface area contributed by atoms with Crippen molar-refractivity contribution < 1.29 is 97.1 Å². The molecule has 1 aromatic rings. The highest BCUT2D eigenvalue weighted by Gasteiger charge is 2.50. The van der Waals surface area contributed by atoms with Crippen LogP contribution in [-0.4, -0.2) is 240 Å². The van der Waals surface area contributed by atoms with E-state index in [1.54, 1.807) is 0 Å². The second kappa shape index (κ2) is 34.2. The highest BCUT2D eigenvalue weighted by Crippen LogP contribution is 2.34. The molecule has 0 radical (unpaired) electrons. The summed E-state index contributed by atoms with van der Waals surface area (Å²) < 4.78 is 72.8. The minimum atomic E-state index is -1.30. The van der Waals surface area contributed by atoms with E-state index in [2.05, 4.69) is 16.0 Å². The molecule has 4 rings (SSSR count). The van der Waals surface area contributed by atoms with Crippen molar-refractivity contribution in [1.82, 2.24) is 10.6 Å². The lowest BCUT2D eigenvalue weighted by Crippen LogP contribution is -2.65. The summed E-state index contributed by atoms with van der Waals surface area (Å²) >= 11 is 0. The molecular formula is C51H89N3O20. The first kappa shape index (κ1) is 63.8. The largest absolute Gasteiger partial charge is 0.394 e. The smallest absolute Gasteiger partial charge is 0.217 e. The molecule has 2 amide bonds. The Hall–Kier alpha value is -2.76. The van der Waals surface area contributed by atoms with Crippen LogP contribution in [0, 0.1) is 17.8 Å². The lowest BCUT2D eigenvalue weighted by Gasteiger charge is -2.47. The van der Waals surface area contributed by atoms with Crippen molar-refractivity contribution in [3.63, 3.8) is 0 Å². The van der Waals surface area contributed by atoms with Crippen molar-refractivity contribution >= 4 is 17.5 Å². The zero-order valence-electron chi connectivity index (χ0n) is 44.6. The lowest BCUT2D eigenvalue weighted by atomic mass is 9.84. The van der Waals surface area contributed by atoms with Gasteiger partial charge in [0.1, 0.15) is 18.3 Å². The Kier molecular flexibility index (Phi) is 29.5. The molecule has 3 saturated heterocycles. The average molecular weight is 1060 g/mol. The summed E-state index contributed by atoms with van der Waals surface area (Å²) in [6, 6.07) is 4.86. The fraction of sp³-hybridized carbons (Fsp3) is 0.843. The Morgan fingerprint density at radius 3 is 1.24 bits per heavy atom. The predicted molar refractivity (Wildman–Crippen MR) is 267 cm³/mol. The van der Waals surface area contributed by atoms with E-state index in [4.69, 9.17) is 56.8 Å². The monoisotopic (exact) mass is 1060 g/mol. The number of hydrogen-bond donors (Lipinski definition) is 9. The number of carbonyl (C=O) groups is 2. The third-order valence-electron chi connectivity index (χ3n) is 12.9. The van der Waals surface area contributed by atoms with Crippen LogP contribution in [-0.2, 0) is 66.4 Å². The zero-order valence-corrected chi connectivity index (χ0v) is 44.6. The highest BCUT2D eigenvalue weighted by molar-refractivity contribution is 5.73. The van der Waals surface area contributed by atoms with Crippen LogP contribution in [0.4, 0.5) is 5.69 Å². The molecule has 0 saturated carbocycles. The van der Waals surface area contributed by atoms with Gasteiger partial charge in [-0.3, -0.25) is 9.59 Å². The van der Waals surface area contributed by atoms with Crippen molar-refractivity contribution in [3.8, 4) is 0 Å². The summed E-state index contributed by atoms with van der Waals surface area (Å²) in [5.41, 5.74) is 1.52. The van der Waals surface area contributed by atoms with E-state index in [-0.39, 0.29) is 111 Å². The van der Waals surface area contributed by atoms with Crippen LogP contribution in [0.25, 0.3) is 0 Å². The number of aliphatic hydroxyl groups is 6. The van der Waals surface area contributed by atoms with Crippen molar-refractivity contribution in [2.75, 3.05) is 118 Å². The summed E-state index contributed by atoms with van der Waals surface area (Å²) in [5.74, 6) is -3.01. The lowest BCUT2D eigenvalue weighted by molar-refractivity contribution is -0.220. The topological polar surface area (TPSA) is 302 Å². The molecule has 3 aliphatic rings. The van der Waals surface area contributed by atoms with Crippen molar-refractivity contribution in [2.45, 2.75) is 147 Å². The number of hydrogen-bond acceptors (Lipinski definition) is 21. The van der Waals surface area contributed by atoms with Gasteiger partial charge in [-0.2, -0.15) is 0 Å². The third kappa shape index (κ3) is 20.2. The number of ether oxygens (including phenoxy) is 12. The van der Waals surface area contributed by atoms with Gasteiger partial charge < -0.3 is 103 Å². The minimum absolute atomic E-state index is 0.0162. The molecule has 428 valence electrons. The number of rotatable bonds is 35. The number of aliphatic hydroxyl groups excluding tert-OH is 6. The number of nitrogens with one attached hydrogen (secondary N) is 3. The Balaban J connectivity index is 1.54. The summed E-state index contributed by atoms with van der Waals surface area (Å²) in [5, 5.41) is 73.6. The maximum absolute atomic E-state index is 12.7. The van der Waals surface area contributed by atoms with Crippen molar-refractivity contribution in [3.05, 3.63) is 29.8 Å². The van der Waals surface area contributed by atoms with Crippen LogP contribution >= 0.6 is 0 Å². The second-order valence-corrected chi connectivity index (χ2v) is 19.3. The van der Waals surface area contributed by atoms with Gasteiger partial charge in [0.05, 0.1) is 166 Å². The molecule has 3 fully saturated rings. The van der Waals surface area contributed by atoms with Gasteiger partial charge in [0, 0.05) is 56.1 Å². The van der Waals surface area contributed by atoms with E-state index in [1.165, 1.54) is 13.8 Å². The van der Waals surface area contributed by atoms with Crippen LogP contribution in [0.3, 0.4) is 0 Å². The summed E-state index contributed by atoms with van der Waals surface area (Å²) in [6.07, 6.45) is -9.15. The normalized spacial score (nSPS) is 30.5. The van der Waals surface area contributed by atoms with E-state index >= 15 is 0 Å². The first-order valence-corrected chi connectivity index (χ1v) is 26.2. The molecule has 3 aliphatic heterocycles. The van der Waals surface area contributed by atoms with Crippen molar-refractivity contribution in [1.29, 1.82) is 0 Å². The van der Waals surface area contributed by atoms with Crippen LogP contribution in [0.15, 0.2) is 24.3 Å². The molecule has 15 unspecified atom stereocenters. The molecule has 9 N–H and O–H groups in total. The van der Waals surface area contributed by atoms with Crippen LogP contribution in [0.1, 0.15) is 67.2 Å². The Bertz CT molecular complexity index is 1680. The standard InChI is InChI=1S/C51H89N3O20/c1-9-68-51(69-10-2)34-11-13-35(14-12-34)54-47-44(29-71-31(5)6)74-40(25-64-19-16-56)37(49(47)61)22-67-27-42-45(52-32(7)58)48(60)36(39(72-42)24-63-18-15-55)21-66-28-43-46(53-33(8)59)50(62)38(23-70-30(3)4)41(73-43)26-65-20-17-57/h11-14,30-31,36-51,54-57,60-62H,9-10,15-29H2,1-8H3,(H,52,58)(H,53,59). The van der Waals surface area contributed by atoms with Gasteiger partial charge in [0.15, 0.2) is 6.29 Å². The zero-order chi connectivity index (χ0) is 54.2. The maximum atomic E-state index is 12.7. The van der Waals surface area contributed by atoms with Crippen LogP contribution in [0.5, 0.6) is 0 Å². The molecule has 0 aromatic heterocycles. The van der Waals surface area contributed by atoms with E-state index in [9.17, 15) is 40.2 Å². The molecule has 0 bridgehead atoms. The predicted octanol–water partition coefficient (Wildman–Crippen LogP) is -0.308. The van der Waals surface area contributed by atoms with E-state index < -0.39 is 109 Å². The van der Waals surface area contributed by atoms with Gasteiger partial charge >= 0.3 is 0 Å². The van der Waals surface area contributed by atoms with Gasteiger partial charge in [-0.15, -0.1) is 0 Å². The highest BCUT2D eigenvalue weighted by atomic mass is 16.7. The van der Waals surface area contributed by atoms with Crippen LogP contribution in [0.2, 0.25) is 0 Å². The number of carbonyl (C=O) groups excluding carboxylic acids is 2. The molecule has 74 heavy (non-hydrogen) atoms. The van der Waals surface area contributed by atoms with Gasteiger partial charge in [-0.25, -0.2) is 0 Å². The maximum Gasteiger partial charge on any atom is 0.217 e. The fourth-order valence-corrected chi connectivity index (χ4v) is 9.38. The third-order valence-corrected chi connectivity index (χ3v) is 12.9. The quantitative estimate of drug-likeness (QED) is 0.0311. The van der Waals surface area contributed by atoms with E-state index in [0.29, 0.717) is 18.9 Å². The molecule has 0 spiro atoms. The van der Waals surface area contributed by atoms with Gasteiger partial charge in [0.2, 0.25) is 11.8 Å². The number of amides is 2. The SMILES string of the molecule is CCOC(OCC)c1ccc(NC2C(COC(C)C)OC(COCCO)C(COCC3OC(COCCO)C(COCC4OC(COCCO)C(COC(C)C)C(O)C4NC(C)=O)C(O)C3NC(C)=O)C2O)cc1. The van der Waals surface area contributed by atoms with Crippen LogP contribution < -0.4 is 16.0 Å². The Labute approximate surface area is 436 Å². The number of benzene rings is 1. The number of anilines is 1. The Morgan fingerprint density at radius 2 is 0.865 bits per heavy atom. The average Bonchev–Trinajstić information content (AvgIpc) is 3.35. The van der Waals surface area contributed by atoms with Gasteiger partial charge in [0.25, 0.3) is 0 Å². The first-order valence-electron chi connectivity index (χ1n) is 26.2. The van der Waals surface area contributed by atoms with E-state index in [0.717, 1.165) is 5.56 Å². The second-order valence-electron chi connectivity index (χ2n) is 19.3. The van der Waals surface area contributed by atoms with Gasteiger partial charge in [-0.05, 0) is 53.7 Å². The summed E-state index contributed by atoms with van der Waals surface area (Å²) in [6.45, 7) is 13.8. The Morgan fingerprint density at radius 1 is 0.500 bits per heavy atom.